The number of aryl methyl sites for hydroxylation is 2. The lowest BCUT2D eigenvalue weighted by Gasteiger charge is -2.30. The van der Waals surface area contributed by atoms with E-state index < -0.39 is 10.0 Å². The van der Waals surface area contributed by atoms with Crippen LogP contribution in [-0.4, -0.2) is 36.0 Å². The highest BCUT2D eigenvalue weighted by Crippen LogP contribution is 2.32. The number of aromatic nitrogens is 2. The molecule has 0 radical (unpaired) electrons. The molecule has 1 aliphatic rings. The molecule has 2 aromatic heterocycles. The van der Waals surface area contributed by atoms with E-state index in [2.05, 4.69) is 10.2 Å². The van der Waals surface area contributed by atoms with E-state index in [1.165, 1.54) is 9.18 Å². The first-order chi connectivity index (χ1) is 12.9. The van der Waals surface area contributed by atoms with E-state index in [1.54, 1.807) is 23.5 Å². The van der Waals surface area contributed by atoms with E-state index in [4.69, 9.17) is 4.42 Å². The van der Waals surface area contributed by atoms with Crippen LogP contribution in [0.3, 0.4) is 0 Å². The third-order valence-corrected chi connectivity index (χ3v) is 7.65. The zero-order valence-electron chi connectivity index (χ0n) is 15.3. The van der Waals surface area contributed by atoms with Crippen LogP contribution in [0.1, 0.15) is 35.1 Å². The van der Waals surface area contributed by atoms with Crippen LogP contribution in [0.25, 0.3) is 10.8 Å². The van der Waals surface area contributed by atoms with Gasteiger partial charge in [0.2, 0.25) is 15.9 Å². The lowest BCUT2D eigenvalue weighted by Crippen LogP contribution is -2.39. The van der Waals surface area contributed by atoms with Gasteiger partial charge in [0.25, 0.3) is 5.89 Å². The van der Waals surface area contributed by atoms with Gasteiger partial charge < -0.3 is 4.42 Å². The number of rotatable bonds is 4. The molecule has 0 spiro atoms. The average molecular weight is 404 g/mol. The van der Waals surface area contributed by atoms with Crippen LogP contribution < -0.4 is 0 Å². The Bertz CT molecular complexity index is 1040. The Morgan fingerprint density at radius 3 is 2.59 bits per heavy atom. The highest BCUT2D eigenvalue weighted by Gasteiger charge is 2.33. The molecule has 0 amide bonds. The second-order valence-electron chi connectivity index (χ2n) is 6.87. The molecule has 0 saturated carbocycles. The third kappa shape index (κ3) is 3.69. The molecule has 3 aromatic rings. The maximum atomic E-state index is 13.0. The van der Waals surface area contributed by atoms with Gasteiger partial charge in [-0.05, 0) is 51.0 Å². The smallest absolute Gasteiger partial charge is 0.257 e. The summed E-state index contributed by atoms with van der Waals surface area (Å²) in [7, 11) is -3.52. The summed E-state index contributed by atoms with van der Waals surface area (Å²) in [4.78, 5) is 2.44. The second kappa shape index (κ2) is 7.18. The summed E-state index contributed by atoms with van der Waals surface area (Å²) in [6, 6.07) is 11.0. The standard InChI is InChI=1S/C19H21N3O3S2/c1-13-5-8-16(9-6-13)27(23,24)22-11-3-4-15(12-22)18-20-21-19(25-18)17-10-7-14(2)26-17/h5-10,15H,3-4,11-12H2,1-2H3/t15-/m1/s1. The minimum atomic E-state index is -3.52. The van der Waals surface area contributed by atoms with Crippen LogP contribution in [0.2, 0.25) is 0 Å². The van der Waals surface area contributed by atoms with Crippen molar-refractivity contribution in [1.29, 1.82) is 0 Å². The molecule has 1 saturated heterocycles. The number of thiophene rings is 1. The van der Waals surface area contributed by atoms with Gasteiger partial charge >= 0.3 is 0 Å². The van der Waals surface area contributed by atoms with Gasteiger partial charge in [-0.1, -0.05) is 17.7 Å². The largest absolute Gasteiger partial charge is 0.420 e. The first-order valence-electron chi connectivity index (χ1n) is 8.90. The molecule has 27 heavy (non-hydrogen) atoms. The van der Waals surface area contributed by atoms with Crippen molar-refractivity contribution in [3.8, 4) is 10.8 Å². The summed E-state index contributed by atoms with van der Waals surface area (Å²) in [6.45, 7) is 4.84. The highest BCUT2D eigenvalue weighted by molar-refractivity contribution is 7.89. The first-order valence-corrected chi connectivity index (χ1v) is 11.2. The fourth-order valence-corrected chi connectivity index (χ4v) is 5.58. The fraction of sp³-hybridized carbons (Fsp3) is 0.368. The van der Waals surface area contributed by atoms with Gasteiger partial charge in [0.05, 0.1) is 15.7 Å². The molecule has 1 atom stereocenters. The Balaban J connectivity index is 1.54. The van der Waals surface area contributed by atoms with Gasteiger partial charge in [-0.3, -0.25) is 0 Å². The molecule has 4 rings (SSSR count). The molecule has 142 valence electrons. The third-order valence-electron chi connectivity index (χ3n) is 4.78. The van der Waals surface area contributed by atoms with Crippen molar-refractivity contribution in [2.75, 3.05) is 13.1 Å². The zero-order valence-corrected chi connectivity index (χ0v) is 16.9. The summed E-state index contributed by atoms with van der Waals surface area (Å²) >= 11 is 1.60. The molecule has 1 aliphatic heterocycles. The Morgan fingerprint density at radius 1 is 1.11 bits per heavy atom. The number of sulfonamides is 1. The van der Waals surface area contributed by atoms with Crippen LogP contribution in [0.15, 0.2) is 45.7 Å². The Morgan fingerprint density at radius 2 is 1.89 bits per heavy atom. The fourth-order valence-electron chi connectivity index (χ4n) is 3.27. The summed E-state index contributed by atoms with van der Waals surface area (Å²) in [5, 5.41) is 8.35. The van der Waals surface area contributed by atoms with Crippen molar-refractivity contribution >= 4 is 21.4 Å². The molecule has 6 nitrogen and oxygen atoms in total. The molecule has 8 heteroatoms. The Kier molecular flexibility index (Phi) is 4.88. The van der Waals surface area contributed by atoms with Gasteiger partial charge in [0.15, 0.2) is 0 Å². The molecular formula is C19H21N3O3S2. The second-order valence-corrected chi connectivity index (χ2v) is 10.1. The zero-order chi connectivity index (χ0) is 19.0. The van der Waals surface area contributed by atoms with Crippen molar-refractivity contribution in [3.05, 3.63) is 52.7 Å². The predicted octanol–water partition coefficient (Wildman–Crippen LogP) is 3.98. The molecule has 0 N–H and O–H groups in total. The van der Waals surface area contributed by atoms with Crippen molar-refractivity contribution in [3.63, 3.8) is 0 Å². The SMILES string of the molecule is Cc1ccc(S(=O)(=O)N2CCC[C@@H](c3nnc(-c4ccc(C)s4)o3)C2)cc1. The normalized spacial score (nSPS) is 18.7. The quantitative estimate of drug-likeness (QED) is 0.658. The van der Waals surface area contributed by atoms with Crippen LogP contribution >= 0.6 is 11.3 Å². The minimum Gasteiger partial charge on any atom is -0.420 e. The number of hydrogen-bond donors (Lipinski definition) is 0. The van der Waals surface area contributed by atoms with Gasteiger partial charge in [0, 0.05) is 18.0 Å². The van der Waals surface area contributed by atoms with Crippen LogP contribution in [0, 0.1) is 13.8 Å². The minimum absolute atomic E-state index is 0.0821. The molecule has 1 fully saturated rings. The van der Waals surface area contributed by atoms with Crippen LogP contribution in [0.5, 0.6) is 0 Å². The Labute approximate surface area is 162 Å². The van der Waals surface area contributed by atoms with E-state index in [0.717, 1.165) is 23.3 Å². The van der Waals surface area contributed by atoms with Crippen molar-refractivity contribution in [2.24, 2.45) is 0 Å². The van der Waals surface area contributed by atoms with Crippen LogP contribution in [-0.2, 0) is 10.0 Å². The summed E-state index contributed by atoms with van der Waals surface area (Å²) in [5.41, 5.74) is 1.03. The monoisotopic (exact) mass is 403 g/mol. The van der Waals surface area contributed by atoms with E-state index in [0.29, 0.717) is 29.8 Å². The number of nitrogens with zero attached hydrogens (tertiary/aromatic N) is 3. The van der Waals surface area contributed by atoms with Crippen molar-refractivity contribution < 1.29 is 12.8 Å². The van der Waals surface area contributed by atoms with Gasteiger partial charge in [-0.2, -0.15) is 4.31 Å². The van der Waals surface area contributed by atoms with Gasteiger partial charge in [-0.25, -0.2) is 8.42 Å². The van der Waals surface area contributed by atoms with E-state index in [-0.39, 0.29) is 5.92 Å². The first kappa shape index (κ1) is 18.3. The molecule has 0 unspecified atom stereocenters. The summed E-state index contributed by atoms with van der Waals surface area (Å²) in [6.07, 6.45) is 1.61. The maximum absolute atomic E-state index is 13.0. The van der Waals surface area contributed by atoms with Crippen LogP contribution in [0.4, 0.5) is 0 Å². The number of benzene rings is 1. The predicted molar refractivity (Wildman–Crippen MR) is 104 cm³/mol. The van der Waals surface area contributed by atoms with Crippen molar-refractivity contribution in [1.82, 2.24) is 14.5 Å². The molecule has 0 bridgehead atoms. The molecule has 3 heterocycles. The molecular weight excluding hydrogens is 382 g/mol. The van der Waals surface area contributed by atoms with Crippen molar-refractivity contribution in [2.45, 2.75) is 37.5 Å². The van der Waals surface area contributed by atoms with E-state index in [1.807, 2.05) is 38.1 Å². The molecule has 1 aromatic carbocycles. The summed E-state index contributed by atoms with van der Waals surface area (Å²) < 4.78 is 33.3. The number of piperidine rings is 1. The maximum Gasteiger partial charge on any atom is 0.257 e. The Hall–Kier alpha value is -2.03. The lowest BCUT2D eigenvalue weighted by atomic mass is 10.00. The summed E-state index contributed by atoms with van der Waals surface area (Å²) in [5.74, 6) is 0.933. The van der Waals surface area contributed by atoms with E-state index >= 15 is 0 Å². The van der Waals surface area contributed by atoms with E-state index in [9.17, 15) is 8.42 Å². The highest BCUT2D eigenvalue weighted by atomic mass is 32.2. The van der Waals surface area contributed by atoms with Gasteiger partial charge in [0.1, 0.15) is 0 Å². The van der Waals surface area contributed by atoms with Gasteiger partial charge in [-0.15, -0.1) is 21.5 Å². The average Bonchev–Trinajstić information content (AvgIpc) is 3.31. The number of hydrogen-bond acceptors (Lipinski definition) is 6. The molecule has 0 aliphatic carbocycles. The lowest BCUT2D eigenvalue weighted by molar-refractivity contribution is 0.286. The topological polar surface area (TPSA) is 76.3 Å².